The molecule has 3 aromatic carbocycles. The zero-order chi connectivity index (χ0) is 25.5. The number of ether oxygens (including phenoxy) is 3. The van der Waals surface area contributed by atoms with E-state index in [-0.39, 0.29) is 5.91 Å². The number of carbonyl (C=O) groups excluding carboxylic acids is 1. The molecule has 7 heteroatoms. The number of nitrogens with zero attached hydrogens (tertiary/aromatic N) is 1. The Balaban J connectivity index is 1.54. The Labute approximate surface area is 216 Å². The summed E-state index contributed by atoms with van der Waals surface area (Å²) in [7, 11) is 1.62. The number of methoxy groups -OCH3 is 1. The highest BCUT2D eigenvalue weighted by Crippen LogP contribution is 2.28. The topological polar surface area (TPSA) is 60.0 Å². The third-order valence-electron chi connectivity index (χ3n) is 5.62. The van der Waals surface area contributed by atoms with Gasteiger partial charge in [-0.25, -0.2) is 0 Å². The minimum Gasteiger partial charge on any atom is -0.496 e. The van der Waals surface area contributed by atoms with E-state index in [9.17, 15) is 4.79 Å². The zero-order valence-corrected chi connectivity index (χ0v) is 21.1. The lowest BCUT2D eigenvalue weighted by Crippen LogP contribution is -2.30. The van der Waals surface area contributed by atoms with E-state index < -0.39 is 0 Å². The number of nitrogens with one attached hydrogen (secondary N) is 1. The lowest BCUT2D eigenvalue weighted by atomic mass is 10.1. The minimum atomic E-state index is -0.226. The molecule has 0 radical (unpaired) electrons. The molecule has 1 aliphatic rings. The van der Waals surface area contributed by atoms with E-state index in [1.807, 2.05) is 79.7 Å². The number of allylic oxidation sites excluding steroid dienone is 1. The predicted octanol–water partition coefficient (Wildman–Crippen LogP) is 5.66. The van der Waals surface area contributed by atoms with Crippen molar-refractivity contribution in [1.82, 2.24) is 5.32 Å². The summed E-state index contributed by atoms with van der Waals surface area (Å²) in [6, 6.07) is 20.8. The van der Waals surface area contributed by atoms with Crippen molar-refractivity contribution in [3.63, 3.8) is 0 Å². The van der Waals surface area contributed by atoms with E-state index in [1.54, 1.807) is 13.2 Å². The van der Waals surface area contributed by atoms with Gasteiger partial charge in [0.1, 0.15) is 29.6 Å². The quantitative estimate of drug-likeness (QED) is 0.220. The van der Waals surface area contributed by atoms with Crippen LogP contribution in [0.4, 0.5) is 5.69 Å². The van der Waals surface area contributed by atoms with Crippen LogP contribution in [0.5, 0.6) is 17.2 Å². The van der Waals surface area contributed by atoms with E-state index in [0.717, 1.165) is 34.6 Å². The molecular weight excluding hydrogens is 472 g/mol. The third-order valence-corrected chi connectivity index (χ3v) is 5.90. The highest BCUT2D eigenvalue weighted by atomic mass is 32.1. The highest BCUT2D eigenvalue weighted by Gasteiger charge is 2.32. The van der Waals surface area contributed by atoms with Gasteiger partial charge in [0, 0.05) is 5.56 Å². The average Bonchev–Trinajstić information content (AvgIpc) is 3.17. The molecule has 1 fully saturated rings. The fourth-order valence-electron chi connectivity index (χ4n) is 3.92. The number of anilines is 1. The minimum absolute atomic E-state index is 0.226. The molecular formula is C29H28N2O4S. The highest BCUT2D eigenvalue weighted by molar-refractivity contribution is 7.80. The first-order valence-corrected chi connectivity index (χ1v) is 12.0. The predicted molar refractivity (Wildman–Crippen MR) is 146 cm³/mol. The Morgan fingerprint density at radius 3 is 2.50 bits per heavy atom. The van der Waals surface area contributed by atoms with Crippen LogP contribution in [-0.4, -0.2) is 24.7 Å². The molecule has 184 valence electrons. The van der Waals surface area contributed by atoms with Crippen LogP contribution in [0.3, 0.4) is 0 Å². The molecule has 3 aromatic rings. The Bertz CT molecular complexity index is 1300. The van der Waals surface area contributed by atoms with Crippen LogP contribution in [0.25, 0.3) is 6.08 Å². The summed E-state index contributed by atoms with van der Waals surface area (Å²) in [5.74, 6) is 2.02. The monoisotopic (exact) mass is 500 g/mol. The second kappa shape index (κ2) is 11.6. The van der Waals surface area contributed by atoms with Gasteiger partial charge in [0.05, 0.1) is 19.4 Å². The van der Waals surface area contributed by atoms with Crippen molar-refractivity contribution in [3.8, 4) is 17.2 Å². The molecule has 0 bridgehead atoms. The third kappa shape index (κ3) is 5.58. The maximum absolute atomic E-state index is 13.2. The average molecular weight is 501 g/mol. The van der Waals surface area contributed by atoms with Crippen LogP contribution in [0.2, 0.25) is 0 Å². The van der Waals surface area contributed by atoms with E-state index in [4.69, 9.17) is 26.4 Å². The summed E-state index contributed by atoms with van der Waals surface area (Å²) in [4.78, 5) is 14.6. The van der Waals surface area contributed by atoms with Crippen LogP contribution >= 0.6 is 12.2 Å². The number of hydrogen-bond acceptors (Lipinski definition) is 5. The molecule has 1 amide bonds. The second-order valence-electron chi connectivity index (χ2n) is 8.02. The Morgan fingerprint density at radius 2 is 1.78 bits per heavy atom. The van der Waals surface area contributed by atoms with Crippen molar-refractivity contribution in [2.24, 2.45) is 0 Å². The van der Waals surface area contributed by atoms with Crippen LogP contribution in [0.15, 0.2) is 85.1 Å². The Kier molecular flexibility index (Phi) is 8.02. The molecule has 0 aliphatic carbocycles. The number of thiocarbonyl (C=S) groups is 1. The SMILES string of the molecule is C=CCc1ccccc1OCc1cc(/C=C2/NC(=S)N(c3ccc(OCC)cc3)C2=O)ccc1OC. The number of rotatable bonds is 10. The molecule has 0 aromatic heterocycles. The number of para-hydroxylation sites is 1. The summed E-state index contributed by atoms with van der Waals surface area (Å²) in [5.41, 5.74) is 3.81. The Morgan fingerprint density at radius 1 is 1.00 bits per heavy atom. The molecule has 1 heterocycles. The van der Waals surface area contributed by atoms with Gasteiger partial charge in [-0.3, -0.25) is 9.69 Å². The van der Waals surface area contributed by atoms with Crippen molar-refractivity contribution >= 4 is 35.0 Å². The summed E-state index contributed by atoms with van der Waals surface area (Å²) < 4.78 is 17.1. The summed E-state index contributed by atoms with van der Waals surface area (Å²) in [5, 5.41) is 3.36. The fraction of sp³-hybridized carbons (Fsp3) is 0.172. The van der Waals surface area contributed by atoms with Gasteiger partial charge in [-0.15, -0.1) is 6.58 Å². The first kappa shape index (κ1) is 25.0. The first-order chi connectivity index (χ1) is 17.5. The van der Waals surface area contributed by atoms with Gasteiger partial charge >= 0.3 is 0 Å². The van der Waals surface area contributed by atoms with Gasteiger partial charge in [0.2, 0.25) is 0 Å². The molecule has 4 rings (SSSR count). The van der Waals surface area contributed by atoms with Gasteiger partial charge in [0.25, 0.3) is 5.91 Å². The zero-order valence-electron chi connectivity index (χ0n) is 20.3. The van der Waals surface area contributed by atoms with Crippen LogP contribution in [0.1, 0.15) is 23.6 Å². The molecule has 6 nitrogen and oxygen atoms in total. The van der Waals surface area contributed by atoms with Crippen molar-refractivity contribution in [2.75, 3.05) is 18.6 Å². The van der Waals surface area contributed by atoms with Crippen LogP contribution in [0, 0.1) is 0 Å². The molecule has 0 saturated carbocycles. The molecule has 0 spiro atoms. The molecule has 1 N–H and O–H groups in total. The van der Waals surface area contributed by atoms with E-state index in [1.165, 1.54) is 4.90 Å². The first-order valence-electron chi connectivity index (χ1n) is 11.6. The van der Waals surface area contributed by atoms with Gasteiger partial charge in [-0.1, -0.05) is 30.3 Å². The van der Waals surface area contributed by atoms with E-state index >= 15 is 0 Å². The van der Waals surface area contributed by atoms with E-state index in [0.29, 0.717) is 35.5 Å². The van der Waals surface area contributed by atoms with Crippen LogP contribution in [-0.2, 0) is 17.8 Å². The summed E-state index contributed by atoms with van der Waals surface area (Å²) in [6.07, 6.45) is 4.35. The number of benzene rings is 3. The van der Waals surface area contributed by atoms with Gasteiger partial charge in [-0.05, 0) is 85.2 Å². The molecule has 36 heavy (non-hydrogen) atoms. The lowest BCUT2D eigenvalue weighted by molar-refractivity contribution is -0.113. The van der Waals surface area contributed by atoms with E-state index in [2.05, 4.69) is 11.9 Å². The summed E-state index contributed by atoms with van der Waals surface area (Å²) in [6.45, 7) is 6.63. The number of hydrogen-bond donors (Lipinski definition) is 1. The molecule has 1 saturated heterocycles. The molecule has 0 unspecified atom stereocenters. The van der Waals surface area contributed by atoms with Crippen molar-refractivity contribution in [2.45, 2.75) is 20.0 Å². The summed E-state index contributed by atoms with van der Waals surface area (Å²) >= 11 is 5.45. The number of amides is 1. The van der Waals surface area contributed by atoms with Crippen LogP contribution < -0.4 is 24.4 Å². The van der Waals surface area contributed by atoms with Crippen molar-refractivity contribution in [3.05, 3.63) is 102 Å². The fourth-order valence-corrected chi connectivity index (χ4v) is 4.22. The lowest BCUT2D eigenvalue weighted by Gasteiger charge is -2.14. The normalized spacial score (nSPS) is 14.1. The largest absolute Gasteiger partial charge is 0.496 e. The number of carbonyl (C=O) groups is 1. The maximum atomic E-state index is 13.2. The Hall–Kier alpha value is -4.10. The second-order valence-corrected chi connectivity index (χ2v) is 8.40. The van der Waals surface area contributed by atoms with Crippen molar-refractivity contribution in [1.29, 1.82) is 0 Å². The van der Waals surface area contributed by atoms with Gasteiger partial charge in [0.15, 0.2) is 5.11 Å². The molecule has 1 aliphatic heterocycles. The molecule has 0 atom stereocenters. The smallest absolute Gasteiger partial charge is 0.281 e. The van der Waals surface area contributed by atoms with Gasteiger partial charge < -0.3 is 19.5 Å². The maximum Gasteiger partial charge on any atom is 0.281 e. The van der Waals surface area contributed by atoms with Crippen molar-refractivity contribution < 1.29 is 19.0 Å². The van der Waals surface area contributed by atoms with Gasteiger partial charge in [-0.2, -0.15) is 0 Å². The standard InChI is InChI=1S/C29H28N2O4S/c1-4-8-21-9-6-7-10-27(21)35-19-22-17-20(11-16-26(22)33-3)18-25-28(32)31(29(36)30-25)23-12-14-24(15-13-23)34-5-2/h4,6-7,9-18H,1,5,8,19H2,2-3H3,(H,30,36)/b25-18+.